The molecule has 0 amide bonds. The minimum atomic E-state index is -0.0676. The number of pyridine rings is 1. The van der Waals surface area contributed by atoms with Crippen LogP contribution in [-0.4, -0.2) is 24.3 Å². The van der Waals surface area contributed by atoms with Crippen molar-refractivity contribution in [2.24, 2.45) is 0 Å². The normalized spacial score (nSPS) is 18.8. The van der Waals surface area contributed by atoms with Gasteiger partial charge in [-0.05, 0) is 60.4 Å². The van der Waals surface area contributed by atoms with Gasteiger partial charge in [0.15, 0.2) is 5.11 Å². The summed E-state index contributed by atoms with van der Waals surface area (Å²) in [5, 5.41) is 6.23. The lowest BCUT2D eigenvalue weighted by molar-refractivity contribution is 0.403. The molecule has 0 bridgehead atoms. The predicted octanol–water partition coefficient (Wildman–Crippen LogP) is 4.65. The van der Waals surface area contributed by atoms with Gasteiger partial charge in [-0.3, -0.25) is 4.98 Å². The lowest BCUT2D eigenvalue weighted by Crippen LogP contribution is -2.29. The van der Waals surface area contributed by atoms with Gasteiger partial charge in [-0.2, -0.15) is 0 Å². The van der Waals surface area contributed by atoms with Crippen molar-refractivity contribution in [3.8, 4) is 11.5 Å². The molecule has 2 aromatic heterocycles. The summed E-state index contributed by atoms with van der Waals surface area (Å²) in [6.07, 6.45) is 1.81. The Labute approximate surface area is 173 Å². The summed E-state index contributed by atoms with van der Waals surface area (Å²) in [7, 11) is 3.32. The number of rotatable bonds is 5. The van der Waals surface area contributed by atoms with Gasteiger partial charge in [-0.15, -0.1) is 11.3 Å². The highest BCUT2D eigenvalue weighted by Gasteiger charge is 2.43. The molecular weight excluding hydrogens is 390 g/mol. The average Bonchev–Trinajstić information content (AvgIpc) is 3.30. The number of aryl methyl sites for hydroxylation is 1. The minimum absolute atomic E-state index is 0.0385. The van der Waals surface area contributed by atoms with Crippen LogP contribution in [0.1, 0.15) is 28.2 Å². The third-order valence-corrected chi connectivity index (χ3v) is 6.32. The second-order valence-corrected chi connectivity index (χ2v) is 7.84. The van der Waals surface area contributed by atoms with Gasteiger partial charge in [-0.1, -0.05) is 6.07 Å². The predicted molar refractivity (Wildman–Crippen MR) is 117 cm³/mol. The van der Waals surface area contributed by atoms with E-state index in [-0.39, 0.29) is 12.1 Å². The van der Waals surface area contributed by atoms with E-state index >= 15 is 0 Å². The Hall–Kier alpha value is -2.64. The zero-order valence-electron chi connectivity index (χ0n) is 15.9. The molecule has 1 aliphatic rings. The van der Waals surface area contributed by atoms with Crippen molar-refractivity contribution in [2.75, 3.05) is 19.1 Å². The van der Waals surface area contributed by atoms with Crippen LogP contribution in [-0.2, 0) is 0 Å². The van der Waals surface area contributed by atoms with Crippen LogP contribution in [0.5, 0.6) is 11.5 Å². The Bertz CT molecular complexity index is 990. The Kier molecular flexibility index (Phi) is 5.19. The summed E-state index contributed by atoms with van der Waals surface area (Å²) in [6, 6.07) is 13.7. The lowest BCUT2D eigenvalue weighted by Gasteiger charge is -2.29. The third-order valence-electron chi connectivity index (χ3n) is 4.91. The quantitative estimate of drug-likeness (QED) is 0.617. The van der Waals surface area contributed by atoms with Gasteiger partial charge in [0.2, 0.25) is 0 Å². The van der Waals surface area contributed by atoms with Crippen LogP contribution in [0.4, 0.5) is 5.69 Å². The number of nitrogens with zero attached hydrogens (tertiary/aromatic N) is 2. The molecule has 1 N–H and O–H groups in total. The first-order valence-corrected chi connectivity index (χ1v) is 10.2. The van der Waals surface area contributed by atoms with E-state index in [4.69, 9.17) is 21.7 Å². The maximum atomic E-state index is 5.78. The van der Waals surface area contributed by atoms with E-state index < -0.39 is 0 Å². The number of nitrogens with one attached hydrogen (secondary N) is 1. The summed E-state index contributed by atoms with van der Waals surface area (Å²) >= 11 is 7.50. The van der Waals surface area contributed by atoms with Crippen molar-refractivity contribution in [1.29, 1.82) is 0 Å². The Morgan fingerprint density at radius 2 is 2.00 bits per heavy atom. The van der Waals surface area contributed by atoms with E-state index in [0.29, 0.717) is 5.11 Å². The Morgan fingerprint density at radius 1 is 1.14 bits per heavy atom. The van der Waals surface area contributed by atoms with Gasteiger partial charge in [-0.25, -0.2) is 0 Å². The molecule has 144 valence electrons. The molecule has 0 spiro atoms. The van der Waals surface area contributed by atoms with Crippen molar-refractivity contribution < 1.29 is 9.47 Å². The van der Waals surface area contributed by atoms with E-state index in [0.717, 1.165) is 22.9 Å². The average molecular weight is 412 g/mol. The molecule has 2 atom stereocenters. The second-order valence-electron chi connectivity index (χ2n) is 6.50. The van der Waals surface area contributed by atoms with E-state index in [2.05, 4.69) is 33.6 Å². The molecule has 0 aliphatic carbocycles. The molecule has 1 fully saturated rings. The fraction of sp³-hybridized carbons (Fsp3) is 0.238. The second kappa shape index (κ2) is 7.77. The summed E-state index contributed by atoms with van der Waals surface area (Å²) in [5.74, 6) is 1.49. The zero-order chi connectivity index (χ0) is 19.7. The van der Waals surface area contributed by atoms with Crippen LogP contribution in [0.15, 0.2) is 54.0 Å². The van der Waals surface area contributed by atoms with Gasteiger partial charge in [0.05, 0.1) is 37.7 Å². The van der Waals surface area contributed by atoms with Gasteiger partial charge < -0.3 is 19.7 Å². The van der Waals surface area contributed by atoms with E-state index in [1.165, 1.54) is 10.4 Å². The highest BCUT2D eigenvalue weighted by Crippen LogP contribution is 2.47. The number of hydrogen-bond donors (Lipinski definition) is 1. The number of ether oxygens (including phenoxy) is 2. The third kappa shape index (κ3) is 3.21. The maximum Gasteiger partial charge on any atom is 0.174 e. The molecule has 4 rings (SSSR count). The molecule has 1 saturated heterocycles. The minimum Gasteiger partial charge on any atom is -0.497 e. The monoisotopic (exact) mass is 411 g/mol. The van der Waals surface area contributed by atoms with Crippen LogP contribution in [0.25, 0.3) is 0 Å². The van der Waals surface area contributed by atoms with Gasteiger partial charge in [0.25, 0.3) is 0 Å². The Balaban J connectivity index is 1.88. The molecule has 28 heavy (non-hydrogen) atoms. The largest absolute Gasteiger partial charge is 0.497 e. The van der Waals surface area contributed by atoms with Crippen molar-refractivity contribution in [1.82, 2.24) is 10.3 Å². The van der Waals surface area contributed by atoms with Gasteiger partial charge in [0.1, 0.15) is 11.5 Å². The Morgan fingerprint density at radius 3 is 2.64 bits per heavy atom. The highest BCUT2D eigenvalue weighted by atomic mass is 32.1. The smallest absolute Gasteiger partial charge is 0.174 e. The van der Waals surface area contributed by atoms with Crippen LogP contribution in [0, 0.1) is 6.92 Å². The molecule has 3 heterocycles. The van der Waals surface area contributed by atoms with Crippen LogP contribution < -0.4 is 19.7 Å². The van der Waals surface area contributed by atoms with Gasteiger partial charge in [0, 0.05) is 17.1 Å². The van der Waals surface area contributed by atoms with Crippen molar-refractivity contribution in [3.63, 3.8) is 0 Å². The summed E-state index contributed by atoms with van der Waals surface area (Å²) < 4.78 is 11.1. The molecule has 7 heteroatoms. The first-order valence-electron chi connectivity index (χ1n) is 8.90. The molecule has 5 nitrogen and oxygen atoms in total. The number of methoxy groups -OCH3 is 2. The van der Waals surface area contributed by atoms with E-state index in [9.17, 15) is 0 Å². The van der Waals surface area contributed by atoms with E-state index in [1.807, 2.05) is 42.6 Å². The number of thiophene rings is 1. The molecule has 1 aliphatic heterocycles. The van der Waals surface area contributed by atoms with Crippen LogP contribution >= 0.6 is 23.6 Å². The number of benzene rings is 1. The van der Waals surface area contributed by atoms with Crippen LogP contribution in [0.2, 0.25) is 0 Å². The molecular formula is C21H21N3O2S2. The first kappa shape index (κ1) is 18.7. The van der Waals surface area contributed by atoms with Crippen molar-refractivity contribution in [3.05, 3.63) is 70.2 Å². The molecule has 1 aromatic carbocycles. The highest BCUT2D eigenvalue weighted by molar-refractivity contribution is 7.80. The number of thiocarbonyl (C=S) groups is 1. The molecule has 3 aromatic rings. The molecule has 0 saturated carbocycles. The molecule has 0 radical (unpaired) electrons. The standard InChI is InChI=1S/C21H21N3O2S2/c1-13-9-11-28-20(13)19-18(15-6-4-5-10-22-15)23-21(27)24(19)16-12-14(25-2)7-8-17(16)26-3/h4-12,18-19H,1-3H3,(H,23,27)/t18-,19-/m0/s1. The zero-order valence-corrected chi connectivity index (χ0v) is 17.5. The number of anilines is 1. The number of hydrogen-bond acceptors (Lipinski definition) is 5. The fourth-order valence-electron chi connectivity index (χ4n) is 3.55. The summed E-state index contributed by atoms with van der Waals surface area (Å²) in [5.41, 5.74) is 3.05. The SMILES string of the molecule is COc1ccc(OC)c(N2C(=S)N[C@@H](c3ccccn3)[C@H]2c2sccc2C)c1. The summed E-state index contributed by atoms with van der Waals surface area (Å²) in [6.45, 7) is 2.13. The van der Waals surface area contributed by atoms with Crippen LogP contribution in [0.3, 0.4) is 0 Å². The first-order chi connectivity index (χ1) is 13.6. The van der Waals surface area contributed by atoms with E-state index in [1.54, 1.807) is 25.6 Å². The van der Waals surface area contributed by atoms with Crippen molar-refractivity contribution >= 4 is 34.4 Å². The fourth-order valence-corrected chi connectivity index (χ4v) is 4.95. The van der Waals surface area contributed by atoms with Gasteiger partial charge >= 0.3 is 0 Å². The maximum absolute atomic E-state index is 5.78. The lowest BCUT2D eigenvalue weighted by atomic mass is 10.0. The molecule has 0 unspecified atom stereocenters. The topological polar surface area (TPSA) is 46.6 Å². The summed E-state index contributed by atoms with van der Waals surface area (Å²) in [4.78, 5) is 7.95. The van der Waals surface area contributed by atoms with Crippen molar-refractivity contribution in [2.45, 2.75) is 19.0 Å². The number of aromatic nitrogens is 1.